The van der Waals surface area contributed by atoms with Crippen LogP contribution in [-0.2, 0) is 9.59 Å². The lowest BCUT2D eigenvalue weighted by Gasteiger charge is -2.33. The average Bonchev–Trinajstić information content (AvgIpc) is 2.52. The van der Waals surface area contributed by atoms with E-state index in [-0.39, 0.29) is 12.3 Å². The highest BCUT2D eigenvalue weighted by Gasteiger charge is 2.26. The van der Waals surface area contributed by atoms with E-state index in [1.807, 2.05) is 32.0 Å². The highest BCUT2D eigenvalue weighted by atomic mass is 16.4. The number of aliphatic carboxylic acids is 1. The summed E-state index contributed by atoms with van der Waals surface area (Å²) in [6.45, 7) is 7.84. The second kappa shape index (κ2) is 8.26. The van der Waals surface area contributed by atoms with E-state index >= 15 is 0 Å². The molecule has 0 unspecified atom stereocenters. The summed E-state index contributed by atoms with van der Waals surface area (Å²) in [5, 5.41) is 12.3. The minimum absolute atomic E-state index is 0.00452. The third kappa shape index (κ3) is 5.04. The fourth-order valence-electron chi connectivity index (χ4n) is 3.00. The van der Waals surface area contributed by atoms with Gasteiger partial charge in [-0.25, -0.2) is 0 Å². The maximum Gasteiger partial charge on any atom is 0.308 e. The zero-order chi connectivity index (χ0) is 17.7. The molecule has 1 aromatic rings. The maximum absolute atomic E-state index is 12.3. The summed E-state index contributed by atoms with van der Waals surface area (Å²) >= 11 is 0. The number of hydrogen-bond acceptors (Lipinski definition) is 4. The van der Waals surface area contributed by atoms with Gasteiger partial charge in [-0.1, -0.05) is 18.2 Å². The number of para-hydroxylation sites is 1. The molecule has 1 atom stereocenters. The van der Waals surface area contributed by atoms with Crippen LogP contribution in [0, 0.1) is 19.8 Å². The molecule has 6 heteroatoms. The number of carboxylic acids is 1. The van der Waals surface area contributed by atoms with Gasteiger partial charge < -0.3 is 15.3 Å². The van der Waals surface area contributed by atoms with Crippen LogP contribution in [0.25, 0.3) is 0 Å². The minimum Gasteiger partial charge on any atom is -0.481 e. The number of likely N-dealkylation sites (N-methyl/N-ethyl adjacent to an activating group) is 1. The molecule has 1 amide bonds. The lowest BCUT2D eigenvalue weighted by molar-refractivity contribution is -0.144. The van der Waals surface area contributed by atoms with Crippen LogP contribution in [-0.4, -0.2) is 66.6 Å². The largest absolute Gasteiger partial charge is 0.481 e. The number of carbonyl (C=O) groups is 2. The Morgan fingerprint density at radius 1 is 1.17 bits per heavy atom. The van der Waals surface area contributed by atoms with Gasteiger partial charge in [0.25, 0.3) is 0 Å². The van der Waals surface area contributed by atoms with Crippen LogP contribution < -0.4 is 5.32 Å². The first-order valence-electron chi connectivity index (χ1n) is 8.36. The summed E-state index contributed by atoms with van der Waals surface area (Å²) < 4.78 is 0. The van der Waals surface area contributed by atoms with Crippen molar-refractivity contribution in [1.82, 2.24) is 9.80 Å². The normalized spacial score (nSPS) is 17.5. The van der Waals surface area contributed by atoms with Gasteiger partial charge in [0.15, 0.2) is 0 Å². The second-order valence-electron chi connectivity index (χ2n) is 6.66. The molecule has 1 heterocycles. The SMILES string of the molecule is Cc1cccc(C)c1NC(=O)C[C@H](CN1CCN(C)CC1)C(=O)O. The number of anilines is 1. The first-order chi connectivity index (χ1) is 11.4. The van der Waals surface area contributed by atoms with Crippen LogP contribution in [0.1, 0.15) is 17.5 Å². The Morgan fingerprint density at radius 2 is 1.75 bits per heavy atom. The van der Waals surface area contributed by atoms with Gasteiger partial charge >= 0.3 is 5.97 Å². The molecule has 6 nitrogen and oxygen atoms in total. The van der Waals surface area contributed by atoms with E-state index < -0.39 is 11.9 Å². The van der Waals surface area contributed by atoms with Crippen LogP contribution in [0.15, 0.2) is 18.2 Å². The van der Waals surface area contributed by atoms with E-state index in [9.17, 15) is 14.7 Å². The Kier molecular flexibility index (Phi) is 6.34. The number of benzene rings is 1. The summed E-state index contributed by atoms with van der Waals surface area (Å²) in [7, 11) is 2.06. The van der Waals surface area contributed by atoms with Crippen molar-refractivity contribution in [2.75, 3.05) is 45.1 Å². The molecule has 0 aliphatic carbocycles. The highest BCUT2D eigenvalue weighted by molar-refractivity contribution is 5.94. The van der Waals surface area contributed by atoms with Gasteiger partial charge in [0.1, 0.15) is 0 Å². The summed E-state index contributed by atoms with van der Waals surface area (Å²) in [6.07, 6.45) is -0.00452. The Morgan fingerprint density at radius 3 is 2.29 bits per heavy atom. The molecule has 0 spiro atoms. The van der Waals surface area contributed by atoms with Crippen LogP contribution in [0.2, 0.25) is 0 Å². The first-order valence-corrected chi connectivity index (χ1v) is 8.36. The Balaban J connectivity index is 1.95. The van der Waals surface area contributed by atoms with Crippen molar-refractivity contribution in [3.8, 4) is 0 Å². The van der Waals surface area contributed by atoms with Crippen molar-refractivity contribution < 1.29 is 14.7 Å². The molecule has 1 saturated heterocycles. The van der Waals surface area contributed by atoms with Gasteiger partial charge in [-0.2, -0.15) is 0 Å². The Hall–Kier alpha value is -1.92. The zero-order valence-electron chi connectivity index (χ0n) is 14.7. The van der Waals surface area contributed by atoms with Gasteiger partial charge in [-0.3, -0.25) is 14.5 Å². The smallest absolute Gasteiger partial charge is 0.308 e. The summed E-state index contributed by atoms with van der Waals surface area (Å²) in [5.74, 6) is -1.84. The fourth-order valence-corrected chi connectivity index (χ4v) is 3.00. The Bertz CT molecular complexity index is 575. The van der Waals surface area contributed by atoms with E-state index in [4.69, 9.17) is 0 Å². The molecule has 2 rings (SSSR count). The van der Waals surface area contributed by atoms with E-state index in [0.717, 1.165) is 43.0 Å². The number of hydrogen-bond donors (Lipinski definition) is 2. The van der Waals surface area contributed by atoms with Crippen molar-refractivity contribution in [2.24, 2.45) is 5.92 Å². The van der Waals surface area contributed by atoms with Gasteiger partial charge in [0, 0.05) is 44.8 Å². The van der Waals surface area contributed by atoms with E-state index in [1.165, 1.54) is 0 Å². The number of nitrogens with one attached hydrogen (secondary N) is 1. The number of aryl methyl sites for hydroxylation is 2. The van der Waals surface area contributed by atoms with E-state index in [0.29, 0.717) is 6.54 Å². The second-order valence-corrected chi connectivity index (χ2v) is 6.66. The van der Waals surface area contributed by atoms with Crippen molar-refractivity contribution in [3.63, 3.8) is 0 Å². The van der Waals surface area contributed by atoms with Gasteiger partial charge in [-0.05, 0) is 32.0 Å². The molecule has 0 radical (unpaired) electrons. The molecule has 0 saturated carbocycles. The number of amides is 1. The molecule has 0 aromatic heterocycles. The summed E-state index contributed by atoms with van der Waals surface area (Å²) in [6, 6.07) is 5.80. The van der Waals surface area contributed by atoms with E-state index in [2.05, 4.69) is 22.2 Å². The minimum atomic E-state index is -0.911. The number of carboxylic acid groups (broad SMARTS) is 1. The zero-order valence-corrected chi connectivity index (χ0v) is 14.7. The molecule has 1 aliphatic rings. The molecule has 0 bridgehead atoms. The number of nitrogens with zero attached hydrogens (tertiary/aromatic N) is 2. The standard InChI is InChI=1S/C18H27N3O3/c1-13-5-4-6-14(2)17(13)19-16(22)11-15(18(23)24)12-21-9-7-20(3)8-10-21/h4-6,15H,7-12H2,1-3H3,(H,19,22)(H,23,24)/t15-/m1/s1. The predicted molar refractivity (Wildman–Crippen MR) is 94.2 cm³/mol. The quantitative estimate of drug-likeness (QED) is 0.827. The number of rotatable bonds is 6. The summed E-state index contributed by atoms with van der Waals surface area (Å²) in [5.41, 5.74) is 2.75. The Labute approximate surface area is 143 Å². The van der Waals surface area contributed by atoms with Crippen molar-refractivity contribution in [3.05, 3.63) is 29.3 Å². The molecule has 1 aromatic carbocycles. The van der Waals surface area contributed by atoms with Gasteiger partial charge in [0.2, 0.25) is 5.91 Å². The lowest BCUT2D eigenvalue weighted by Crippen LogP contribution is -2.47. The monoisotopic (exact) mass is 333 g/mol. The van der Waals surface area contributed by atoms with Crippen LogP contribution >= 0.6 is 0 Å². The third-order valence-corrected chi connectivity index (χ3v) is 4.60. The molecular weight excluding hydrogens is 306 g/mol. The van der Waals surface area contributed by atoms with Crippen molar-refractivity contribution >= 4 is 17.6 Å². The van der Waals surface area contributed by atoms with Crippen LogP contribution in [0.4, 0.5) is 5.69 Å². The van der Waals surface area contributed by atoms with Crippen LogP contribution in [0.5, 0.6) is 0 Å². The maximum atomic E-state index is 12.3. The molecule has 1 aliphatic heterocycles. The van der Waals surface area contributed by atoms with Crippen LogP contribution in [0.3, 0.4) is 0 Å². The van der Waals surface area contributed by atoms with Crippen molar-refractivity contribution in [1.29, 1.82) is 0 Å². The molecule has 2 N–H and O–H groups in total. The third-order valence-electron chi connectivity index (χ3n) is 4.60. The number of carbonyl (C=O) groups excluding carboxylic acids is 1. The van der Waals surface area contributed by atoms with E-state index in [1.54, 1.807) is 0 Å². The van der Waals surface area contributed by atoms with Crippen molar-refractivity contribution in [2.45, 2.75) is 20.3 Å². The predicted octanol–water partition coefficient (Wildman–Crippen LogP) is 1.58. The lowest BCUT2D eigenvalue weighted by atomic mass is 10.0. The van der Waals surface area contributed by atoms with Gasteiger partial charge in [-0.15, -0.1) is 0 Å². The molecular formula is C18H27N3O3. The highest BCUT2D eigenvalue weighted by Crippen LogP contribution is 2.20. The molecule has 132 valence electrons. The number of piperazine rings is 1. The topological polar surface area (TPSA) is 72.9 Å². The fraction of sp³-hybridized carbons (Fsp3) is 0.556. The first kappa shape index (κ1) is 18.4. The van der Waals surface area contributed by atoms with Gasteiger partial charge in [0.05, 0.1) is 5.92 Å². The molecule has 24 heavy (non-hydrogen) atoms. The molecule has 1 fully saturated rings. The summed E-state index contributed by atoms with van der Waals surface area (Å²) in [4.78, 5) is 28.2. The average molecular weight is 333 g/mol.